The molecule has 0 aliphatic heterocycles. The molecule has 0 bridgehead atoms. The summed E-state index contributed by atoms with van der Waals surface area (Å²) in [5.74, 6) is 1.20. The Morgan fingerprint density at radius 1 is 1.15 bits per heavy atom. The van der Waals surface area contributed by atoms with Crippen LogP contribution in [0.2, 0.25) is 0 Å². The maximum atomic E-state index is 12.5. The number of fused-ring (bicyclic) bond motifs is 1. The van der Waals surface area contributed by atoms with Crippen LogP contribution in [0.15, 0.2) is 54.9 Å². The van der Waals surface area contributed by atoms with Gasteiger partial charge in [0.25, 0.3) is 0 Å². The summed E-state index contributed by atoms with van der Waals surface area (Å²) in [7, 11) is 3.56. The average molecular weight is 350 g/mol. The molecule has 0 spiro atoms. The van der Waals surface area contributed by atoms with Gasteiger partial charge in [-0.05, 0) is 43.8 Å². The van der Waals surface area contributed by atoms with E-state index in [4.69, 9.17) is 4.74 Å². The largest absolute Gasteiger partial charge is 0.494 e. The van der Waals surface area contributed by atoms with Crippen molar-refractivity contribution in [1.82, 2.24) is 14.9 Å². The fraction of sp³-hybridized carbons (Fsp3) is 0.250. The molecule has 2 aromatic heterocycles. The highest BCUT2D eigenvalue weighted by molar-refractivity contribution is 5.93. The molecule has 0 aliphatic carbocycles. The third kappa shape index (κ3) is 3.81. The summed E-state index contributed by atoms with van der Waals surface area (Å²) in [5.41, 5.74) is 1.92. The van der Waals surface area contributed by atoms with Crippen LogP contribution in [-0.2, 0) is 11.3 Å². The number of nitrogens with one attached hydrogen (secondary N) is 1. The first-order valence-electron chi connectivity index (χ1n) is 8.43. The van der Waals surface area contributed by atoms with Gasteiger partial charge in [0, 0.05) is 24.3 Å². The van der Waals surface area contributed by atoms with Crippen LogP contribution in [0.1, 0.15) is 12.5 Å². The third-order valence-corrected chi connectivity index (χ3v) is 4.42. The van der Waals surface area contributed by atoms with E-state index in [1.54, 1.807) is 25.6 Å². The lowest BCUT2D eigenvalue weighted by Gasteiger charge is -2.24. The van der Waals surface area contributed by atoms with Crippen LogP contribution in [0.3, 0.4) is 0 Å². The molecule has 1 unspecified atom stereocenters. The second-order valence-electron chi connectivity index (χ2n) is 6.12. The van der Waals surface area contributed by atoms with E-state index in [0.717, 1.165) is 22.2 Å². The summed E-state index contributed by atoms with van der Waals surface area (Å²) >= 11 is 0. The molecule has 0 saturated carbocycles. The predicted molar refractivity (Wildman–Crippen MR) is 102 cm³/mol. The zero-order valence-corrected chi connectivity index (χ0v) is 15.1. The van der Waals surface area contributed by atoms with Gasteiger partial charge in [-0.3, -0.25) is 14.7 Å². The average Bonchev–Trinajstić information content (AvgIpc) is 2.68. The van der Waals surface area contributed by atoms with Gasteiger partial charge in [0.05, 0.1) is 13.2 Å². The SMILES string of the molecule is COc1ccc(CN(C)C(C)C(=O)Nc2ccccn2)c2cccnc12. The highest BCUT2D eigenvalue weighted by atomic mass is 16.5. The van der Waals surface area contributed by atoms with E-state index in [-0.39, 0.29) is 11.9 Å². The van der Waals surface area contributed by atoms with Crippen molar-refractivity contribution < 1.29 is 9.53 Å². The molecule has 3 rings (SSSR count). The molecule has 6 nitrogen and oxygen atoms in total. The second-order valence-corrected chi connectivity index (χ2v) is 6.12. The molecule has 3 aromatic rings. The highest BCUT2D eigenvalue weighted by Gasteiger charge is 2.19. The van der Waals surface area contributed by atoms with E-state index in [1.807, 2.05) is 55.3 Å². The van der Waals surface area contributed by atoms with Crippen molar-refractivity contribution in [3.8, 4) is 5.75 Å². The van der Waals surface area contributed by atoms with Gasteiger partial charge in [-0.15, -0.1) is 0 Å². The fourth-order valence-corrected chi connectivity index (χ4v) is 2.78. The van der Waals surface area contributed by atoms with E-state index < -0.39 is 0 Å². The van der Waals surface area contributed by atoms with Crippen LogP contribution in [0.25, 0.3) is 10.9 Å². The van der Waals surface area contributed by atoms with Crippen molar-refractivity contribution in [2.75, 3.05) is 19.5 Å². The number of ether oxygens (including phenoxy) is 1. The Balaban J connectivity index is 1.76. The molecule has 1 atom stereocenters. The van der Waals surface area contributed by atoms with Crippen LogP contribution in [0.4, 0.5) is 5.82 Å². The quantitative estimate of drug-likeness (QED) is 0.740. The van der Waals surface area contributed by atoms with E-state index >= 15 is 0 Å². The van der Waals surface area contributed by atoms with Crippen molar-refractivity contribution in [1.29, 1.82) is 0 Å². The minimum atomic E-state index is -0.314. The zero-order chi connectivity index (χ0) is 18.5. The summed E-state index contributed by atoms with van der Waals surface area (Å²) in [5, 5.41) is 3.86. The van der Waals surface area contributed by atoms with Gasteiger partial charge in [-0.1, -0.05) is 18.2 Å². The molecule has 0 fully saturated rings. The van der Waals surface area contributed by atoms with Gasteiger partial charge in [-0.25, -0.2) is 4.98 Å². The smallest absolute Gasteiger partial charge is 0.242 e. The lowest BCUT2D eigenvalue weighted by atomic mass is 10.1. The Hall–Kier alpha value is -2.99. The molecule has 0 saturated heterocycles. The normalized spacial score (nSPS) is 12.2. The van der Waals surface area contributed by atoms with Gasteiger partial charge in [0.15, 0.2) is 0 Å². The van der Waals surface area contributed by atoms with Gasteiger partial charge in [0.1, 0.15) is 17.1 Å². The lowest BCUT2D eigenvalue weighted by molar-refractivity contribution is -0.120. The van der Waals surface area contributed by atoms with Crippen molar-refractivity contribution in [3.05, 3.63) is 60.4 Å². The first kappa shape index (κ1) is 17.8. The van der Waals surface area contributed by atoms with Gasteiger partial charge < -0.3 is 10.1 Å². The number of rotatable bonds is 6. The van der Waals surface area contributed by atoms with Crippen molar-refractivity contribution in [2.45, 2.75) is 19.5 Å². The van der Waals surface area contributed by atoms with Crippen LogP contribution >= 0.6 is 0 Å². The van der Waals surface area contributed by atoms with Crippen molar-refractivity contribution in [2.24, 2.45) is 0 Å². The summed E-state index contributed by atoms with van der Waals surface area (Å²) in [6.45, 7) is 2.49. The van der Waals surface area contributed by atoms with Gasteiger partial charge in [-0.2, -0.15) is 0 Å². The Morgan fingerprint density at radius 2 is 1.96 bits per heavy atom. The van der Waals surface area contributed by atoms with Crippen molar-refractivity contribution >= 4 is 22.6 Å². The number of benzene rings is 1. The van der Waals surface area contributed by atoms with E-state index in [2.05, 4.69) is 15.3 Å². The maximum Gasteiger partial charge on any atom is 0.242 e. The predicted octanol–water partition coefficient (Wildman–Crippen LogP) is 3.10. The number of hydrogen-bond acceptors (Lipinski definition) is 5. The fourth-order valence-electron chi connectivity index (χ4n) is 2.78. The molecule has 1 amide bonds. The Kier molecular flexibility index (Phi) is 5.43. The summed E-state index contributed by atoms with van der Waals surface area (Å²) in [6, 6.07) is 13.0. The van der Waals surface area contributed by atoms with E-state index in [1.165, 1.54) is 0 Å². The van der Waals surface area contributed by atoms with Gasteiger partial charge >= 0.3 is 0 Å². The van der Waals surface area contributed by atoms with Crippen LogP contribution in [0.5, 0.6) is 5.75 Å². The monoisotopic (exact) mass is 350 g/mol. The Morgan fingerprint density at radius 3 is 2.69 bits per heavy atom. The number of carbonyl (C=O) groups excluding carboxylic acids is 1. The molecule has 0 radical (unpaired) electrons. The second kappa shape index (κ2) is 7.93. The van der Waals surface area contributed by atoms with Crippen LogP contribution in [0, 0.1) is 0 Å². The minimum Gasteiger partial charge on any atom is -0.494 e. The third-order valence-electron chi connectivity index (χ3n) is 4.42. The first-order chi connectivity index (χ1) is 12.6. The molecule has 2 heterocycles. The number of anilines is 1. The number of carbonyl (C=O) groups is 1. The van der Waals surface area contributed by atoms with Crippen LogP contribution in [-0.4, -0.2) is 41.0 Å². The highest BCUT2D eigenvalue weighted by Crippen LogP contribution is 2.27. The zero-order valence-electron chi connectivity index (χ0n) is 15.1. The minimum absolute atomic E-state index is 0.0952. The summed E-state index contributed by atoms with van der Waals surface area (Å²) in [4.78, 5) is 23.0. The molecular formula is C20H22N4O2. The molecule has 26 heavy (non-hydrogen) atoms. The first-order valence-corrected chi connectivity index (χ1v) is 8.43. The van der Waals surface area contributed by atoms with E-state index in [9.17, 15) is 4.79 Å². The lowest BCUT2D eigenvalue weighted by Crippen LogP contribution is -2.39. The number of hydrogen-bond donors (Lipinski definition) is 1. The number of amides is 1. The van der Waals surface area contributed by atoms with Gasteiger partial charge in [0.2, 0.25) is 5.91 Å². The number of methoxy groups -OCH3 is 1. The molecule has 0 aliphatic rings. The summed E-state index contributed by atoms with van der Waals surface area (Å²) < 4.78 is 5.39. The summed E-state index contributed by atoms with van der Waals surface area (Å²) in [6.07, 6.45) is 3.40. The standard InChI is InChI=1S/C20H22N4O2/c1-14(20(25)23-18-8-4-5-11-21-18)24(2)13-15-9-10-17(26-3)19-16(15)7-6-12-22-19/h4-12,14H,13H2,1-3H3,(H,21,23,25). The Bertz CT molecular complexity index is 899. The number of likely N-dealkylation sites (N-methyl/N-ethyl adjacent to an activating group) is 1. The molecule has 134 valence electrons. The number of pyridine rings is 2. The molecule has 6 heteroatoms. The van der Waals surface area contributed by atoms with Crippen molar-refractivity contribution in [3.63, 3.8) is 0 Å². The molecule has 1 N–H and O–H groups in total. The number of aromatic nitrogens is 2. The maximum absolute atomic E-state index is 12.5. The molecular weight excluding hydrogens is 328 g/mol. The Labute approximate surface area is 152 Å². The topological polar surface area (TPSA) is 67.3 Å². The van der Waals surface area contributed by atoms with Crippen LogP contribution < -0.4 is 10.1 Å². The molecule has 1 aromatic carbocycles. The van der Waals surface area contributed by atoms with E-state index in [0.29, 0.717) is 12.4 Å². The number of nitrogens with zero attached hydrogens (tertiary/aromatic N) is 3.